The van der Waals surface area contributed by atoms with E-state index in [1.54, 1.807) is 14.2 Å². The Balaban J connectivity index is 2.74. The maximum absolute atomic E-state index is 11.1. The molecule has 0 aliphatic carbocycles. The number of rotatable bonds is 4. The van der Waals surface area contributed by atoms with Gasteiger partial charge in [-0.3, -0.25) is 4.79 Å². The fourth-order valence-electron chi connectivity index (χ4n) is 1.22. The normalized spacial score (nSPS) is 9.53. The number of aryl methyl sites for hydroxylation is 1. The molecule has 15 heavy (non-hydrogen) atoms. The summed E-state index contributed by atoms with van der Waals surface area (Å²) in [4.78, 5) is 11.1. The first-order valence-corrected chi connectivity index (χ1v) is 4.76. The lowest BCUT2D eigenvalue weighted by Gasteiger charge is -2.11. The van der Waals surface area contributed by atoms with E-state index in [9.17, 15) is 4.79 Å². The molecule has 0 aliphatic rings. The molecule has 0 aliphatic heterocycles. The fraction of sp³-hybridized carbons (Fsp3) is 0.364. The van der Waals surface area contributed by atoms with Gasteiger partial charge in [0.2, 0.25) is 5.91 Å². The maximum Gasteiger partial charge on any atom is 0.239 e. The molecule has 4 heteroatoms. The summed E-state index contributed by atoms with van der Waals surface area (Å²) in [7, 11) is 3.22. The monoisotopic (exact) mass is 208 g/mol. The van der Waals surface area contributed by atoms with Crippen LogP contribution in [0.1, 0.15) is 5.56 Å². The van der Waals surface area contributed by atoms with Gasteiger partial charge in [-0.25, -0.2) is 0 Å². The molecule has 0 saturated carbocycles. The lowest BCUT2D eigenvalue weighted by atomic mass is 10.2. The van der Waals surface area contributed by atoms with Crippen molar-refractivity contribution >= 4 is 11.6 Å². The van der Waals surface area contributed by atoms with Crippen LogP contribution in [-0.4, -0.2) is 26.6 Å². The third-order valence-electron chi connectivity index (χ3n) is 2.07. The average molecular weight is 208 g/mol. The zero-order valence-corrected chi connectivity index (χ0v) is 9.26. The number of likely N-dealkylation sites (N-methyl/N-ethyl adjacent to an activating group) is 1. The van der Waals surface area contributed by atoms with Crippen molar-refractivity contribution in [3.63, 3.8) is 0 Å². The van der Waals surface area contributed by atoms with Gasteiger partial charge in [0.05, 0.1) is 19.3 Å². The van der Waals surface area contributed by atoms with Crippen molar-refractivity contribution in [2.75, 3.05) is 26.0 Å². The Labute approximate surface area is 89.6 Å². The number of amides is 1. The minimum absolute atomic E-state index is 0.0569. The van der Waals surface area contributed by atoms with Crippen LogP contribution in [0.4, 0.5) is 5.69 Å². The minimum Gasteiger partial charge on any atom is -0.495 e. The predicted octanol–water partition coefficient (Wildman–Crippen LogP) is 1.16. The second kappa shape index (κ2) is 5.24. The minimum atomic E-state index is -0.0569. The molecule has 1 aromatic rings. The van der Waals surface area contributed by atoms with Crippen LogP contribution in [0.5, 0.6) is 5.75 Å². The highest BCUT2D eigenvalue weighted by molar-refractivity contribution is 5.81. The summed E-state index contributed by atoms with van der Waals surface area (Å²) in [6.45, 7) is 2.24. The van der Waals surface area contributed by atoms with Gasteiger partial charge >= 0.3 is 0 Å². The van der Waals surface area contributed by atoms with Gasteiger partial charge in [0.15, 0.2) is 0 Å². The number of methoxy groups -OCH3 is 1. The van der Waals surface area contributed by atoms with Crippen LogP contribution in [0, 0.1) is 6.92 Å². The van der Waals surface area contributed by atoms with Gasteiger partial charge in [-0.15, -0.1) is 0 Å². The molecule has 0 fully saturated rings. The summed E-state index contributed by atoms with van der Waals surface area (Å²) in [5.74, 6) is 0.683. The standard InChI is InChI=1S/C11H16N2O2/c1-8-4-5-10(15-3)9(6-8)13-7-11(14)12-2/h4-6,13H,7H2,1-3H3,(H,12,14). The first-order chi connectivity index (χ1) is 7.17. The van der Waals surface area contributed by atoms with Crippen molar-refractivity contribution < 1.29 is 9.53 Å². The topological polar surface area (TPSA) is 50.4 Å². The van der Waals surface area contributed by atoms with Crippen LogP contribution in [0.25, 0.3) is 0 Å². The van der Waals surface area contributed by atoms with E-state index in [4.69, 9.17) is 4.74 Å². The molecule has 4 nitrogen and oxygen atoms in total. The van der Waals surface area contributed by atoms with E-state index in [2.05, 4.69) is 10.6 Å². The summed E-state index contributed by atoms with van der Waals surface area (Å²) in [6, 6.07) is 5.78. The summed E-state index contributed by atoms with van der Waals surface area (Å²) in [6.07, 6.45) is 0. The van der Waals surface area contributed by atoms with E-state index < -0.39 is 0 Å². The van der Waals surface area contributed by atoms with Crippen LogP contribution >= 0.6 is 0 Å². The van der Waals surface area contributed by atoms with Crippen LogP contribution < -0.4 is 15.4 Å². The lowest BCUT2D eigenvalue weighted by Crippen LogP contribution is -2.26. The average Bonchev–Trinajstić information content (AvgIpc) is 2.26. The van der Waals surface area contributed by atoms with Gasteiger partial charge in [-0.05, 0) is 24.6 Å². The number of hydrogen-bond acceptors (Lipinski definition) is 3. The Morgan fingerprint density at radius 1 is 1.47 bits per heavy atom. The molecule has 0 atom stereocenters. The van der Waals surface area contributed by atoms with E-state index in [0.717, 1.165) is 17.0 Å². The molecule has 1 amide bonds. The summed E-state index contributed by atoms with van der Waals surface area (Å²) in [5, 5.41) is 5.56. The van der Waals surface area contributed by atoms with Crippen molar-refractivity contribution in [1.82, 2.24) is 5.32 Å². The van der Waals surface area contributed by atoms with Crippen LogP contribution in [0.3, 0.4) is 0 Å². The van der Waals surface area contributed by atoms with E-state index >= 15 is 0 Å². The molecule has 0 saturated heterocycles. The van der Waals surface area contributed by atoms with Crippen molar-refractivity contribution in [2.24, 2.45) is 0 Å². The third-order valence-corrected chi connectivity index (χ3v) is 2.07. The number of anilines is 1. The van der Waals surface area contributed by atoms with E-state index in [0.29, 0.717) is 0 Å². The molecule has 1 aromatic carbocycles. The Hall–Kier alpha value is -1.71. The van der Waals surface area contributed by atoms with E-state index in [1.165, 1.54) is 0 Å². The number of carbonyl (C=O) groups excluding carboxylic acids is 1. The zero-order chi connectivity index (χ0) is 11.3. The Morgan fingerprint density at radius 2 is 2.20 bits per heavy atom. The highest BCUT2D eigenvalue weighted by Crippen LogP contribution is 2.24. The number of hydrogen-bond donors (Lipinski definition) is 2. The van der Waals surface area contributed by atoms with Crippen molar-refractivity contribution in [3.8, 4) is 5.75 Å². The van der Waals surface area contributed by atoms with Gasteiger partial charge in [0.25, 0.3) is 0 Å². The lowest BCUT2D eigenvalue weighted by molar-refractivity contribution is -0.118. The SMILES string of the molecule is CNC(=O)CNc1cc(C)ccc1OC. The van der Waals surface area contributed by atoms with Crippen LogP contribution in [-0.2, 0) is 4.79 Å². The zero-order valence-electron chi connectivity index (χ0n) is 9.26. The molecular weight excluding hydrogens is 192 g/mol. The van der Waals surface area contributed by atoms with Gasteiger partial charge in [-0.2, -0.15) is 0 Å². The molecule has 0 radical (unpaired) electrons. The van der Waals surface area contributed by atoms with Gasteiger partial charge in [0, 0.05) is 7.05 Å². The van der Waals surface area contributed by atoms with Crippen molar-refractivity contribution in [1.29, 1.82) is 0 Å². The number of ether oxygens (including phenoxy) is 1. The molecule has 2 N–H and O–H groups in total. The van der Waals surface area contributed by atoms with Crippen LogP contribution in [0.2, 0.25) is 0 Å². The Kier molecular flexibility index (Phi) is 3.97. The molecule has 0 bridgehead atoms. The first kappa shape index (κ1) is 11.4. The van der Waals surface area contributed by atoms with Gasteiger partial charge in [0.1, 0.15) is 5.75 Å². The molecule has 0 heterocycles. The number of carbonyl (C=O) groups is 1. The fourth-order valence-corrected chi connectivity index (χ4v) is 1.22. The van der Waals surface area contributed by atoms with E-state index in [1.807, 2.05) is 25.1 Å². The van der Waals surface area contributed by atoms with Crippen molar-refractivity contribution in [3.05, 3.63) is 23.8 Å². The third kappa shape index (κ3) is 3.16. The molecule has 0 unspecified atom stereocenters. The Morgan fingerprint density at radius 3 is 2.80 bits per heavy atom. The number of nitrogens with one attached hydrogen (secondary N) is 2. The summed E-state index contributed by atoms with van der Waals surface area (Å²) < 4.78 is 5.17. The van der Waals surface area contributed by atoms with Crippen LogP contribution in [0.15, 0.2) is 18.2 Å². The van der Waals surface area contributed by atoms with Crippen molar-refractivity contribution in [2.45, 2.75) is 6.92 Å². The second-order valence-electron chi connectivity index (χ2n) is 3.23. The largest absolute Gasteiger partial charge is 0.495 e. The first-order valence-electron chi connectivity index (χ1n) is 4.76. The highest BCUT2D eigenvalue weighted by Gasteiger charge is 2.04. The predicted molar refractivity (Wildman–Crippen MR) is 60.3 cm³/mol. The molecule has 0 spiro atoms. The summed E-state index contributed by atoms with van der Waals surface area (Å²) in [5.41, 5.74) is 1.95. The number of benzene rings is 1. The maximum atomic E-state index is 11.1. The molecule has 1 rings (SSSR count). The van der Waals surface area contributed by atoms with Gasteiger partial charge < -0.3 is 15.4 Å². The van der Waals surface area contributed by atoms with Gasteiger partial charge in [-0.1, -0.05) is 6.07 Å². The smallest absolute Gasteiger partial charge is 0.239 e. The quantitative estimate of drug-likeness (QED) is 0.780. The highest BCUT2D eigenvalue weighted by atomic mass is 16.5. The molecule has 82 valence electrons. The molecular formula is C11H16N2O2. The molecule has 0 aromatic heterocycles. The van der Waals surface area contributed by atoms with E-state index in [-0.39, 0.29) is 12.5 Å². The Bertz CT molecular complexity index is 350. The second-order valence-corrected chi connectivity index (χ2v) is 3.23. The summed E-state index contributed by atoms with van der Waals surface area (Å²) >= 11 is 0.